The molecule has 52 valence electrons. The Morgan fingerprint density at radius 3 is 2.56 bits per heavy atom. The number of aryl methyl sites for hydroxylation is 1. The number of anilines is 1. The van der Waals surface area contributed by atoms with Gasteiger partial charge in [-0.15, -0.1) is 12.4 Å². The Hall–Kier alpha value is -0.700. The highest BCUT2D eigenvalue weighted by molar-refractivity contribution is 5.85. The molecule has 0 fully saturated rings. The molecular weight excluding hydrogens is 140 g/mol. The van der Waals surface area contributed by atoms with E-state index in [1.807, 2.05) is 13.0 Å². The average Bonchev–Trinajstić information content (AvgIpc) is 2.14. The van der Waals surface area contributed by atoms with Crippen molar-refractivity contribution in [3.05, 3.63) is 11.8 Å². The summed E-state index contributed by atoms with van der Waals surface area (Å²) in [6, 6.07) is 1.83. The predicted molar refractivity (Wildman–Crippen MR) is 38.0 cm³/mol. The van der Waals surface area contributed by atoms with Crippen LogP contribution in [0.15, 0.2) is 10.6 Å². The summed E-state index contributed by atoms with van der Waals surface area (Å²) in [5.41, 5.74) is 0. The number of halogens is 1. The zero-order chi connectivity index (χ0) is 5.98. The maximum Gasteiger partial charge on any atom is 0.169 e. The third-order valence-electron chi connectivity index (χ3n) is 0.884. The van der Waals surface area contributed by atoms with Gasteiger partial charge in [0.2, 0.25) is 0 Å². The molecule has 0 saturated heterocycles. The van der Waals surface area contributed by atoms with Crippen molar-refractivity contribution in [2.24, 2.45) is 0 Å². The van der Waals surface area contributed by atoms with Crippen molar-refractivity contribution >= 4 is 18.2 Å². The summed E-state index contributed by atoms with van der Waals surface area (Å²) < 4.78 is 4.74. The smallest absolute Gasteiger partial charge is 0.169 e. The molecule has 9 heavy (non-hydrogen) atoms. The Balaban J connectivity index is 0.000000640. The molecule has 1 aromatic rings. The molecule has 0 aromatic carbocycles. The van der Waals surface area contributed by atoms with E-state index in [2.05, 4.69) is 10.5 Å². The standard InChI is InChI=1S/C5H8N2O.ClH/c1-4-3-5(6-2)7-8-4;/h3H,1-2H3,(H,6,7);1H. The van der Waals surface area contributed by atoms with Crippen molar-refractivity contribution in [3.8, 4) is 0 Å². The molecule has 1 heterocycles. The quantitative estimate of drug-likeness (QED) is 0.655. The summed E-state index contributed by atoms with van der Waals surface area (Å²) in [6.07, 6.45) is 0. The molecule has 0 aliphatic carbocycles. The summed E-state index contributed by atoms with van der Waals surface area (Å²) in [7, 11) is 1.80. The van der Waals surface area contributed by atoms with Crippen molar-refractivity contribution in [3.63, 3.8) is 0 Å². The molecule has 0 saturated carbocycles. The third kappa shape index (κ3) is 1.93. The first-order valence-electron chi connectivity index (χ1n) is 2.44. The number of aromatic nitrogens is 1. The fourth-order valence-electron chi connectivity index (χ4n) is 0.484. The highest BCUT2D eigenvalue weighted by atomic mass is 35.5. The van der Waals surface area contributed by atoms with Crippen LogP contribution in [0.1, 0.15) is 5.76 Å². The van der Waals surface area contributed by atoms with Gasteiger partial charge >= 0.3 is 0 Å². The van der Waals surface area contributed by atoms with Gasteiger partial charge in [0.25, 0.3) is 0 Å². The lowest BCUT2D eigenvalue weighted by Crippen LogP contribution is -1.84. The first kappa shape index (κ1) is 8.30. The summed E-state index contributed by atoms with van der Waals surface area (Å²) >= 11 is 0. The van der Waals surface area contributed by atoms with Crippen molar-refractivity contribution in [2.75, 3.05) is 12.4 Å². The Morgan fingerprint density at radius 1 is 1.67 bits per heavy atom. The third-order valence-corrected chi connectivity index (χ3v) is 0.884. The van der Waals surface area contributed by atoms with Crippen LogP contribution in [0.4, 0.5) is 5.82 Å². The van der Waals surface area contributed by atoms with E-state index >= 15 is 0 Å². The molecule has 1 rings (SSSR count). The second-order valence-electron chi connectivity index (χ2n) is 1.57. The van der Waals surface area contributed by atoms with Gasteiger partial charge in [0, 0.05) is 13.1 Å². The second kappa shape index (κ2) is 3.35. The molecule has 0 aliphatic rings. The minimum atomic E-state index is 0. The van der Waals surface area contributed by atoms with E-state index in [1.54, 1.807) is 7.05 Å². The molecule has 4 heteroatoms. The van der Waals surface area contributed by atoms with Gasteiger partial charge in [-0.2, -0.15) is 0 Å². The molecule has 0 atom stereocenters. The van der Waals surface area contributed by atoms with Gasteiger partial charge in [0.05, 0.1) is 0 Å². The van der Waals surface area contributed by atoms with Crippen LogP contribution in [0.5, 0.6) is 0 Å². The molecule has 3 nitrogen and oxygen atoms in total. The van der Waals surface area contributed by atoms with E-state index in [0.717, 1.165) is 11.6 Å². The van der Waals surface area contributed by atoms with Crippen LogP contribution in [-0.2, 0) is 0 Å². The zero-order valence-electron chi connectivity index (χ0n) is 5.34. The van der Waals surface area contributed by atoms with Crippen LogP contribution in [-0.4, -0.2) is 12.2 Å². The molecule has 0 radical (unpaired) electrons. The van der Waals surface area contributed by atoms with Crippen molar-refractivity contribution in [2.45, 2.75) is 6.92 Å². The van der Waals surface area contributed by atoms with Gasteiger partial charge in [-0.1, -0.05) is 5.16 Å². The Bertz CT molecular complexity index is 175. The zero-order valence-corrected chi connectivity index (χ0v) is 6.16. The normalized spacial score (nSPS) is 8.22. The molecule has 0 bridgehead atoms. The van der Waals surface area contributed by atoms with Gasteiger partial charge in [-0.3, -0.25) is 0 Å². The number of nitrogens with zero attached hydrogens (tertiary/aromatic N) is 1. The second-order valence-corrected chi connectivity index (χ2v) is 1.57. The fourth-order valence-corrected chi connectivity index (χ4v) is 0.484. The first-order chi connectivity index (χ1) is 3.83. The van der Waals surface area contributed by atoms with E-state index < -0.39 is 0 Å². The Labute approximate surface area is 59.8 Å². The van der Waals surface area contributed by atoms with E-state index in [1.165, 1.54) is 0 Å². The fraction of sp³-hybridized carbons (Fsp3) is 0.400. The number of rotatable bonds is 1. The van der Waals surface area contributed by atoms with Gasteiger partial charge in [0.1, 0.15) is 5.76 Å². The lowest BCUT2D eigenvalue weighted by atomic mass is 10.5. The van der Waals surface area contributed by atoms with Crippen LogP contribution in [0.2, 0.25) is 0 Å². The minimum Gasteiger partial charge on any atom is -0.370 e. The maximum atomic E-state index is 4.74. The maximum absolute atomic E-state index is 4.74. The van der Waals surface area contributed by atoms with E-state index in [0.29, 0.717) is 0 Å². The molecule has 0 spiro atoms. The molecule has 0 aliphatic heterocycles. The molecule has 0 unspecified atom stereocenters. The summed E-state index contributed by atoms with van der Waals surface area (Å²) in [6.45, 7) is 1.86. The van der Waals surface area contributed by atoms with E-state index in [4.69, 9.17) is 4.52 Å². The monoisotopic (exact) mass is 148 g/mol. The van der Waals surface area contributed by atoms with Gasteiger partial charge < -0.3 is 9.84 Å². The van der Waals surface area contributed by atoms with Crippen molar-refractivity contribution < 1.29 is 4.52 Å². The molecule has 1 aromatic heterocycles. The van der Waals surface area contributed by atoms with Gasteiger partial charge in [0.15, 0.2) is 5.82 Å². The lowest BCUT2D eigenvalue weighted by molar-refractivity contribution is 0.400. The SMILES string of the molecule is CNc1cc(C)on1.Cl. The van der Waals surface area contributed by atoms with Gasteiger partial charge in [-0.25, -0.2) is 0 Å². The minimum absolute atomic E-state index is 0. The van der Waals surface area contributed by atoms with Gasteiger partial charge in [-0.05, 0) is 6.92 Å². The lowest BCUT2D eigenvalue weighted by Gasteiger charge is -1.82. The van der Waals surface area contributed by atoms with Crippen molar-refractivity contribution in [1.82, 2.24) is 5.16 Å². The Morgan fingerprint density at radius 2 is 2.33 bits per heavy atom. The average molecular weight is 149 g/mol. The van der Waals surface area contributed by atoms with E-state index in [-0.39, 0.29) is 12.4 Å². The summed E-state index contributed by atoms with van der Waals surface area (Å²) in [4.78, 5) is 0. The molecular formula is C5H9ClN2O. The molecule has 1 N–H and O–H groups in total. The number of nitrogens with one attached hydrogen (secondary N) is 1. The number of hydrogen-bond acceptors (Lipinski definition) is 3. The van der Waals surface area contributed by atoms with E-state index in [9.17, 15) is 0 Å². The first-order valence-corrected chi connectivity index (χ1v) is 2.44. The van der Waals surface area contributed by atoms with Crippen LogP contribution in [0.3, 0.4) is 0 Å². The number of hydrogen-bond donors (Lipinski definition) is 1. The highest BCUT2D eigenvalue weighted by Crippen LogP contribution is 2.04. The topological polar surface area (TPSA) is 38.1 Å². The van der Waals surface area contributed by atoms with Crippen LogP contribution in [0, 0.1) is 6.92 Å². The highest BCUT2D eigenvalue weighted by Gasteiger charge is 1.92. The Kier molecular flexibility index (Phi) is 3.09. The largest absolute Gasteiger partial charge is 0.370 e. The molecule has 0 amide bonds. The van der Waals surface area contributed by atoms with Crippen molar-refractivity contribution in [1.29, 1.82) is 0 Å². The summed E-state index contributed by atoms with van der Waals surface area (Å²) in [5.74, 6) is 1.61. The predicted octanol–water partition coefficient (Wildman–Crippen LogP) is 1.45. The van der Waals surface area contributed by atoms with Crippen LogP contribution in [0.25, 0.3) is 0 Å². The summed E-state index contributed by atoms with van der Waals surface area (Å²) in [5, 5.41) is 6.49. The van der Waals surface area contributed by atoms with Crippen LogP contribution < -0.4 is 5.32 Å². The van der Waals surface area contributed by atoms with Crippen LogP contribution >= 0.6 is 12.4 Å².